The van der Waals surface area contributed by atoms with Gasteiger partial charge in [0.2, 0.25) is 0 Å². The average Bonchev–Trinajstić information content (AvgIpc) is 2.63. The molecule has 0 aromatic carbocycles. The summed E-state index contributed by atoms with van der Waals surface area (Å²) in [5, 5.41) is 0. The first-order valence-corrected chi connectivity index (χ1v) is 4.15. The molecular formula is C12H14Mg. The zero-order chi connectivity index (χ0) is 8.81. The first-order chi connectivity index (χ1) is 5.79. The van der Waals surface area contributed by atoms with Crippen molar-refractivity contribution in [3.8, 4) is 0 Å². The quantitative estimate of drug-likeness (QED) is 0.505. The van der Waals surface area contributed by atoms with E-state index >= 15 is 0 Å². The van der Waals surface area contributed by atoms with Crippen molar-refractivity contribution >= 4 is 23.1 Å². The number of rotatable bonds is 0. The molecule has 2 aliphatic carbocycles. The van der Waals surface area contributed by atoms with Gasteiger partial charge in [0, 0.05) is 23.1 Å². The van der Waals surface area contributed by atoms with Crippen LogP contribution in [-0.2, 0) is 0 Å². The van der Waals surface area contributed by atoms with E-state index in [1.54, 1.807) is 0 Å². The van der Waals surface area contributed by atoms with Crippen LogP contribution in [0.25, 0.3) is 0 Å². The summed E-state index contributed by atoms with van der Waals surface area (Å²) in [5.74, 6) is 2.69. The standard InChI is InChI=1S/2C6H7.Mg/c2*1-6-4-2-3-5-6;/h2*2-5H,1H3;. The summed E-state index contributed by atoms with van der Waals surface area (Å²) < 4.78 is 0. The van der Waals surface area contributed by atoms with Crippen molar-refractivity contribution in [3.05, 3.63) is 63.2 Å². The number of hydrogen-bond acceptors (Lipinski definition) is 0. The van der Waals surface area contributed by atoms with Crippen molar-refractivity contribution in [2.75, 3.05) is 0 Å². The van der Waals surface area contributed by atoms with Crippen LogP contribution in [0, 0.1) is 63.2 Å². The number of hydrogen-bond donors (Lipinski definition) is 0. The summed E-state index contributed by atoms with van der Waals surface area (Å²) in [6.07, 6.45) is 16.5. The van der Waals surface area contributed by atoms with Gasteiger partial charge in [-0.3, -0.25) is 0 Å². The van der Waals surface area contributed by atoms with Crippen molar-refractivity contribution in [2.45, 2.75) is 13.8 Å². The zero-order valence-corrected chi connectivity index (χ0v) is 9.74. The summed E-state index contributed by atoms with van der Waals surface area (Å²) in [4.78, 5) is 0. The molecule has 0 spiro atoms. The molecule has 0 aromatic heterocycles. The van der Waals surface area contributed by atoms with Crippen molar-refractivity contribution in [1.29, 1.82) is 0 Å². The molecule has 1 heteroatoms. The Kier molecular flexibility index (Phi) is 8.58. The molecule has 0 amide bonds. The van der Waals surface area contributed by atoms with Gasteiger partial charge < -0.3 is 0 Å². The van der Waals surface area contributed by atoms with Gasteiger partial charge in [-0.05, 0) is 63.2 Å². The first kappa shape index (κ1) is 13.8. The van der Waals surface area contributed by atoms with E-state index in [0.717, 1.165) is 0 Å². The summed E-state index contributed by atoms with van der Waals surface area (Å²) >= 11 is 0. The third kappa shape index (κ3) is 6.79. The van der Waals surface area contributed by atoms with Crippen molar-refractivity contribution in [3.63, 3.8) is 0 Å². The molecule has 0 aromatic rings. The predicted molar refractivity (Wildman–Crippen MR) is 58.0 cm³/mol. The van der Waals surface area contributed by atoms with E-state index in [-0.39, 0.29) is 23.1 Å². The Balaban J connectivity index is 0.000000206. The van der Waals surface area contributed by atoms with Crippen LogP contribution < -0.4 is 0 Å². The third-order valence-electron chi connectivity index (χ3n) is 1.66. The van der Waals surface area contributed by atoms with Crippen LogP contribution >= 0.6 is 0 Å². The highest BCUT2D eigenvalue weighted by molar-refractivity contribution is 5.75. The summed E-state index contributed by atoms with van der Waals surface area (Å²) in [5.41, 5.74) is 0. The molecule has 0 aliphatic heterocycles. The maximum atomic E-state index is 2.08. The Bertz CT molecular complexity index is 85.7. The molecule has 0 unspecified atom stereocenters. The molecule has 0 saturated heterocycles. The zero-order valence-electron chi connectivity index (χ0n) is 8.33. The molecule has 0 heterocycles. The van der Waals surface area contributed by atoms with Gasteiger partial charge in [0.25, 0.3) is 0 Å². The Morgan fingerprint density at radius 3 is 0.923 bits per heavy atom. The average molecular weight is 183 g/mol. The molecule has 0 atom stereocenters. The van der Waals surface area contributed by atoms with Crippen LogP contribution in [0.1, 0.15) is 13.8 Å². The van der Waals surface area contributed by atoms with E-state index < -0.39 is 0 Å². The third-order valence-corrected chi connectivity index (χ3v) is 1.66. The van der Waals surface area contributed by atoms with E-state index in [9.17, 15) is 0 Å². The van der Waals surface area contributed by atoms with Crippen LogP contribution in [0.3, 0.4) is 0 Å². The van der Waals surface area contributed by atoms with Gasteiger partial charge in [-0.25, -0.2) is 0 Å². The lowest BCUT2D eigenvalue weighted by Crippen LogP contribution is -1.77. The van der Waals surface area contributed by atoms with E-state index in [2.05, 4.69) is 39.5 Å². The van der Waals surface area contributed by atoms with Crippen LogP contribution in [-0.4, -0.2) is 23.1 Å². The molecule has 2 rings (SSSR count). The van der Waals surface area contributed by atoms with Crippen LogP contribution in [0.2, 0.25) is 0 Å². The van der Waals surface area contributed by atoms with E-state index in [4.69, 9.17) is 0 Å². The maximum absolute atomic E-state index is 2.08. The summed E-state index contributed by atoms with van der Waals surface area (Å²) in [6, 6.07) is 0. The predicted octanol–water partition coefficient (Wildman–Crippen LogP) is 2.44. The van der Waals surface area contributed by atoms with Crippen LogP contribution in [0.15, 0.2) is 0 Å². The fourth-order valence-electron chi connectivity index (χ4n) is 0.940. The second kappa shape index (κ2) is 8.11. The second-order valence-corrected chi connectivity index (χ2v) is 2.92. The van der Waals surface area contributed by atoms with E-state index in [1.165, 1.54) is 11.8 Å². The van der Waals surface area contributed by atoms with Gasteiger partial charge in [-0.2, -0.15) is 0 Å². The van der Waals surface area contributed by atoms with Crippen LogP contribution in [0.5, 0.6) is 0 Å². The van der Waals surface area contributed by atoms with Crippen molar-refractivity contribution in [1.82, 2.24) is 0 Å². The molecule has 0 bridgehead atoms. The first-order valence-electron chi connectivity index (χ1n) is 4.15. The van der Waals surface area contributed by atoms with Gasteiger partial charge in [-0.15, -0.1) is 0 Å². The van der Waals surface area contributed by atoms with E-state index in [1.807, 2.05) is 25.7 Å². The molecule has 2 saturated carbocycles. The lowest BCUT2D eigenvalue weighted by Gasteiger charge is -1.89. The van der Waals surface area contributed by atoms with Crippen LogP contribution in [0.4, 0.5) is 0 Å². The lowest BCUT2D eigenvalue weighted by molar-refractivity contribution is 1.25. The Labute approximate surface area is 100 Å². The largest absolute Gasteiger partial charge is 0.0585 e. The molecule has 0 nitrogen and oxygen atoms in total. The molecule has 13 heavy (non-hydrogen) atoms. The minimum Gasteiger partial charge on any atom is -0.0585 e. The van der Waals surface area contributed by atoms with E-state index in [0.29, 0.717) is 0 Å². The second-order valence-electron chi connectivity index (χ2n) is 2.92. The normalized spacial score (nSPS) is 23.5. The summed E-state index contributed by atoms with van der Waals surface area (Å²) in [7, 11) is 0. The Morgan fingerprint density at radius 2 is 0.846 bits per heavy atom. The fraction of sp³-hybridized carbons (Fsp3) is 0.167. The maximum Gasteiger partial charge on any atom is 0 e. The van der Waals surface area contributed by atoms with Gasteiger partial charge in [-0.1, -0.05) is 13.8 Å². The minimum atomic E-state index is 0. The highest BCUT2D eigenvalue weighted by Gasteiger charge is 2.09. The molecule has 2 fully saturated rings. The highest BCUT2D eigenvalue weighted by Crippen LogP contribution is 2.21. The molecule has 0 N–H and O–H groups in total. The molecular weight excluding hydrogens is 168 g/mol. The topological polar surface area (TPSA) is 0 Å². The smallest absolute Gasteiger partial charge is 0 e. The lowest BCUT2D eigenvalue weighted by atomic mass is 10.2. The molecule has 64 valence electrons. The van der Waals surface area contributed by atoms with Crippen molar-refractivity contribution < 1.29 is 0 Å². The molecule has 12 radical (unpaired) electrons. The minimum absolute atomic E-state index is 0. The highest BCUT2D eigenvalue weighted by atomic mass is 24.3. The monoisotopic (exact) mass is 182 g/mol. The SMILES string of the molecule is C[C]1[CH][CH][CH][CH]1.C[C]1[CH][CH][CH][CH]1.[Mg]. The summed E-state index contributed by atoms with van der Waals surface area (Å²) in [6.45, 7) is 4.17. The van der Waals surface area contributed by atoms with Crippen molar-refractivity contribution in [2.24, 2.45) is 0 Å². The van der Waals surface area contributed by atoms with Gasteiger partial charge in [0.1, 0.15) is 0 Å². The van der Waals surface area contributed by atoms with Gasteiger partial charge in [0.15, 0.2) is 0 Å². The Morgan fingerprint density at radius 1 is 0.615 bits per heavy atom. The van der Waals surface area contributed by atoms with Gasteiger partial charge in [0.05, 0.1) is 0 Å². The Hall–Kier alpha value is 0.766. The molecule has 2 aliphatic rings. The van der Waals surface area contributed by atoms with Gasteiger partial charge >= 0.3 is 0 Å². The fourth-order valence-corrected chi connectivity index (χ4v) is 0.940.